The lowest BCUT2D eigenvalue weighted by Gasteiger charge is -2.24. The van der Waals surface area contributed by atoms with Crippen LogP contribution in [0.4, 0.5) is 0 Å². The molecule has 1 rings (SSSR count). The summed E-state index contributed by atoms with van der Waals surface area (Å²) in [7, 11) is 0. The molecular weight excluding hydrogens is 578 g/mol. The number of hydrogen-bond donors (Lipinski definition) is 10. The van der Waals surface area contributed by atoms with Crippen molar-refractivity contribution in [3.05, 3.63) is 0 Å². The summed E-state index contributed by atoms with van der Waals surface area (Å²) in [5.41, 5.74) is 16.2. The Morgan fingerprint density at radius 2 is 1.45 bits per heavy atom. The van der Waals surface area contributed by atoms with Crippen molar-refractivity contribution in [1.29, 1.82) is 0 Å². The molecule has 4 atom stereocenters. The lowest BCUT2D eigenvalue weighted by molar-refractivity contribution is -0.143. The highest BCUT2D eigenvalue weighted by atomic mass is 32.2. The van der Waals surface area contributed by atoms with E-state index in [0.29, 0.717) is 19.4 Å². The summed E-state index contributed by atoms with van der Waals surface area (Å²) < 4.78 is 0. The van der Waals surface area contributed by atoms with E-state index < -0.39 is 78.6 Å². The quantitative estimate of drug-likeness (QED) is 0.0595. The number of nitrogens with two attached hydrogens (primary N) is 3. The van der Waals surface area contributed by atoms with Crippen LogP contribution in [0.2, 0.25) is 0 Å². The smallest absolute Gasteiger partial charge is 0.327 e. The van der Waals surface area contributed by atoms with Crippen molar-refractivity contribution in [2.75, 3.05) is 31.1 Å². The Bertz CT molecular complexity index is 1020. The van der Waals surface area contributed by atoms with Gasteiger partial charge in [-0.3, -0.25) is 33.8 Å². The van der Waals surface area contributed by atoms with Crippen molar-refractivity contribution in [2.24, 2.45) is 22.2 Å². The number of nitrogens with zero attached hydrogens (tertiary/aromatic N) is 1. The van der Waals surface area contributed by atoms with Gasteiger partial charge in [0.1, 0.15) is 24.2 Å². The summed E-state index contributed by atoms with van der Waals surface area (Å²) in [4.78, 5) is 90.7. The fourth-order valence-corrected chi connectivity index (χ4v) is 4.53. The lowest BCUT2D eigenvalue weighted by atomic mass is 10.1. The molecule has 18 nitrogen and oxygen atoms in total. The molecule has 0 aromatic heterocycles. The Kier molecular flexibility index (Phi) is 16.3. The molecule has 0 aromatic rings. The van der Waals surface area contributed by atoms with Crippen LogP contribution in [0.1, 0.15) is 38.5 Å². The molecule has 42 heavy (non-hydrogen) atoms. The van der Waals surface area contributed by atoms with Crippen LogP contribution in [0, 0.1) is 0 Å². The predicted octanol–water partition coefficient (Wildman–Crippen LogP) is -4.47. The Hall–Kier alpha value is -4.13. The summed E-state index contributed by atoms with van der Waals surface area (Å²) in [6.45, 7) is -0.206. The molecule has 0 unspecified atom stereocenters. The number of carboxylic acids is 2. The average molecular weight is 618 g/mol. The average Bonchev–Trinajstić information content (AvgIpc) is 2.90. The molecule has 13 N–H and O–H groups in total. The molecule has 0 spiro atoms. The molecule has 0 aromatic carbocycles. The monoisotopic (exact) mass is 617 g/mol. The maximum atomic E-state index is 13.2. The van der Waals surface area contributed by atoms with Crippen LogP contribution >= 0.6 is 11.8 Å². The van der Waals surface area contributed by atoms with Gasteiger partial charge in [-0.25, -0.2) is 4.79 Å². The van der Waals surface area contributed by atoms with Gasteiger partial charge in [-0.1, -0.05) is 0 Å². The molecule has 0 saturated carbocycles. The Morgan fingerprint density at radius 3 is 2.07 bits per heavy atom. The molecule has 5 amide bonds. The van der Waals surface area contributed by atoms with Crippen LogP contribution in [0.3, 0.4) is 0 Å². The molecule has 1 saturated heterocycles. The van der Waals surface area contributed by atoms with E-state index in [0.717, 1.165) is 11.8 Å². The van der Waals surface area contributed by atoms with Gasteiger partial charge in [0.2, 0.25) is 29.5 Å². The van der Waals surface area contributed by atoms with E-state index in [1.54, 1.807) is 0 Å². The predicted molar refractivity (Wildman–Crippen MR) is 151 cm³/mol. The van der Waals surface area contributed by atoms with E-state index in [1.165, 1.54) is 0 Å². The number of aliphatic carboxylic acids is 2. The molecule has 1 aliphatic heterocycles. The minimum atomic E-state index is -1.66. The number of hydrogen-bond acceptors (Lipinski definition) is 10. The summed E-state index contributed by atoms with van der Waals surface area (Å²) in [6.07, 6.45) is 0.680. The van der Waals surface area contributed by atoms with E-state index >= 15 is 0 Å². The highest BCUT2D eigenvalue weighted by Gasteiger charge is 2.30. The second-order valence-electron chi connectivity index (χ2n) is 9.26. The van der Waals surface area contributed by atoms with E-state index in [2.05, 4.69) is 31.6 Å². The number of carbonyl (C=O) groups is 7. The Labute approximate surface area is 245 Å². The summed E-state index contributed by atoms with van der Waals surface area (Å²) in [5, 5.41) is 30.4. The van der Waals surface area contributed by atoms with E-state index in [-0.39, 0.29) is 43.3 Å². The third-order valence-electron chi connectivity index (χ3n) is 5.76. The number of thioether (sulfide) groups is 1. The van der Waals surface area contributed by atoms with Gasteiger partial charge in [0, 0.05) is 12.3 Å². The Balaban J connectivity index is 3.25. The normalized spacial score (nSPS) is 23.1. The number of carbonyl (C=O) groups excluding carboxylic acids is 5. The Morgan fingerprint density at radius 1 is 0.833 bits per heavy atom. The number of guanidine groups is 1. The van der Waals surface area contributed by atoms with Gasteiger partial charge in [0.15, 0.2) is 5.96 Å². The van der Waals surface area contributed by atoms with Gasteiger partial charge in [0.05, 0.1) is 18.7 Å². The van der Waals surface area contributed by atoms with Crippen LogP contribution in [0.15, 0.2) is 4.99 Å². The summed E-state index contributed by atoms with van der Waals surface area (Å²) >= 11 is 0.847. The van der Waals surface area contributed by atoms with Crippen molar-refractivity contribution in [2.45, 2.75) is 62.7 Å². The van der Waals surface area contributed by atoms with E-state index in [4.69, 9.17) is 22.3 Å². The molecule has 1 fully saturated rings. The molecule has 236 valence electrons. The largest absolute Gasteiger partial charge is 0.481 e. The van der Waals surface area contributed by atoms with E-state index in [9.17, 15) is 38.7 Å². The zero-order chi connectivity index (χ0) is 31.7. The first kappa shape index (κ1) is 35.9. The van der Waals surface area contributed by atoms with Gasteiger partial charge in [-0.2, -0.15) is 0 Å². The minimum Gasteiger partial charge on any atom is -0.481 e. The third-order valence-corrected chi connectivity index (χ3v) is 6.80. The SMILES string of the molecule is NCCCC[C@H]1NC(=O)CSC[C@@H](C(=O)O)NC(=O)[C@H](CC(=O)O)NC(=O)CNC(=O)[C@H](CCCN=C(N)N)NC1=O. The molecule has 0 bridgehead atoms. The molecule has 1 heterocycles. The van der Waals surface area contributed by atoms with E-state index in [1.807, 2.05) is 0 Å². The topological polar surface area (TPSA) is 311 Å². The van der Waals surface area contributed by atoms with Crippen LogP contribution in [0.25, 0.3) is 0 Å². The summed E-state index contributed by atoms with van der Waals surface area (Å²) in [5.74, 6) is -7.71. The molecule has 1 aliphatic rings. The van der Waals surface area contributed by atoms with Gasteiger partial charge < -0.3 is 54.0 Å². The lowest BCUT2D eigenvalue weighted by Crippen LogP contribution is -2.56. The zero-order valence-corrected chi connectivity index (χ0v) is 23.7. The standard InChI is InChI=1S/C23H39N9O9S/c24-6-2-1-4-13-20(38)31-12(5-3-7-27-23(25)26)19(37)28-9-16(33)30-14(8-18(35)36)21(39)32-15(22(40)41)10-42-11-17(34)29-13/h12-15H,1-11,24H2,(H,28,37)(H,29,34)(H,30,33)(H,31,38)(H,32,39)(H,35,36)(H,40,41)(H4,25,26,27)/t12-,13+,14-,15-/m0/s1. The number of amides is 5. The van der Waals surface area contributed by atoms with Crippen molar-refractivity contribution in [1.82, 2.24) is 26.6 Å². The fraction of sp³-hybridized carbons (Fsp3) is 0.652. The number of carboxylic acid groups (broad SMARTS) is 2. The van der Waals surface area contributed by atoms with Crippen molar-refractivity contribution >= 4 is 59.2 Å². The zero-order valence-electron chi connectivity index (χ0n) is 22.9. The number of nitrogens with one attached hydrogen (secondary N) is 5. The first-order valence-corrected chi connectivity index (χ1v) is 14.2. The molecular formula is C23H39N9O9S. The van der Waals surface area contributed by atoms with Crippen molar-refractivity contribution in [3.63, 3.8) is 0 Å². The number of rotatable bonds is 11. The molecule has 0 aliphatic carbocycles. The van der Waals surface area contributed by atoms with Crippen LogP contribution in [-0.4, -0.2) is 113 Å². The highest BCUT2D eigenvalue weighted by Crippen LogP contribution is 2.08. The highest BCUT2D eigenvalue weighted by molar-refractivity contribution is 8.00. The maximum Gasteiger partial charge on any atom is 0.327 e. The number of unbranched alkanes of at least 4 members (excludes halogenated alkanes) is 1. The van der Waals surface area contributed by atoms with Crippen LogP contribution in [-0.2, 0) is 33.6 Å². The second-order valence-corrected chi connectivity index (χ2v) is 10.3. The number of aliphatic imine (C=N–C) groups is 1. The molecule has 19 heteroatoms. The van der Waals surface area contributed by atoms with Gasteiger partial charge in [-0.05, 0) is 38.6 Å². The van der Waals surface area contributed by atoms with Crippen molar-refractivity contribution < 1.29 is 43.8 Å². The van der Waals surface area contributed by atoms with Gasteiger partial charge in [-0.15, -0.1) is 11.8 Å². The van der Waals surface area contributed by atoms with Gasteiger partial charge in [0.25, 0.3) is 0 Å². The van der Waals surface area contributed by atoms with Gasteiger partial charge >= 0.3 is 11.9 Å². The first-order chi connectivity index (χ1) is 19.8. The maximum absolute atomic E-state index is 13.2. The van der Waals surface area contributed by atoms with Crippen LogP contribution in [0.5, 0.6) is 0 Å². The molecule has 0 radical (unpaired) electrons. The summed E-state index contributed by atoms with van der Waals surface area (Å²) in [6, 6.07) is -5.40. The minimum absolute atomic E-state index is 0.0515. The van der Waals surface area contributed by atoms with Crippen molar-refractivity contribution in [3.8, 4) is 0 Å². The first-order valence-electron chi connectivity index (χ1n) is 13.1. The van der Waals surface area contributed by atoms with Crippen LogP contribution < -0.4 is 43.8 Å². The third kappa shape index (κ3) is 14.5. The fourth-order valence-electron chi connectivity index (χ4n) is 3.68. The second kappa shape index (κ2) is 19.1.